The van der Waals surface area contributed by atoms with Crippen molar-refractivity contribution in [3.8, 4) is 0 Å². The highest BCUT2D eigenvalue weighted by molar-refractivity contribution is 9.09. The summed E-state index contributed by atoms with van der Waals surface area (Å²) in [5.41, 5.74) is 3.74. The van der Waals surface area contributed by atoms with Gasteiger partial charge in [-0.15, -0.1) is 0 Å². The van der Waals surface area contributed by atoms with Gasteiger partial charge < -0.3 is 33.4 Å². The van der Waals surface area contributed by atoms with E-state index in [9.17, 15) is 23.5 Å². The number of hydrogen-bond acceptors (Lipinski definition) is 11. The van der Waals surface area contributed by atoms with Crippen LogP contribution in [0, 0.1) is 0 Å². The molecule has 0 saturated heterocycles. The van der Waals surface area contributed by atoms with E-state index in [4.69, 9.17) is 33.4 Å². The first-order valence-corrected chi connectivity index (χ1v) is 25.7. The minimum atomic E-state index is -3.76. The van der Waals surface area contributed by atoms with Gasteiger partial charge in [-0.25, -0.2) is 0 Å². The molecule has 2 aliphatic rings. The van der Waals surface area contributed by atoms with Crippen molar-refractivity contribution < 1.29 is 56.9 Å². The van der Waals surface area contributed by atoms with Crippen molar-refractivity contribution in [1.29, 1.82) is 0 Å². The summed E-state index contributed by atoms with van der Waals surface area (Å²) in [6, 6.07) is 15.4. The number of carbonyl (C=O) groups is 3. The largest absolute Gasteiger partial charge is 0.481 e. The number of para-hydroxylation sites is 2. The summed E-state index contributed by atoms with van der Waals surface area (Å²) in [7, 11) is -7.15. The quantitative estimate of drug-likeness (QED) is 0.0434. The summed E-state index contributed by atoms with van der Waals surface area (Å²) < 4.78 is 49.6. The van der Waals surface area contributed by atoms with Crippen LogP contribution >= 0.6 is 31.1 Å². The van der Waals surface area contributed by atoms with Gasteiger partial charge in [-0.2, -0.15) is 0 Å². The lowest BCUT2D eigenvalue weighted by atomic mass is 9.80. The fourth-order valence-electron chi connectivity index (χ4n) is 6.99. The highest BCUT2D eigenvalue weighted by Gasteiger charge is 2.49. The normalized spacial score (nSPS) is 17.5. The Kier molecular flexibility index (Phi) is 23.9. The van der Waals surface area contributed by atoms with E-state index < -0.39 is 43.9 Å². The first-order valence-electron chi connectivity index (χ1n) is 21.5. The number of carboxylic acids is 3. The van der Waals surface area contributed by atoms with Gasteiger partial charge in [0.15, 0.2) is 0 Å². The molecule has 2 aromatic rings. The standard InChI is InChI=1S/C24H34NO7P.C16H22NO3P.C6H11BrO2/c1-18-24(3,20-12-8-9-13-21(20)25-18)19(2)33(30,31-16-10-4-6-14-22(26)27)32-17-11-5-7-15-23(28)29;1-6-19-21(18,20-7-2)13(4)16(5)12(3)17-15-11-9-8-10-14(15)16;7-5-3-1-2-4-6(8)9/h8-9,12-13H,2,4-7,10-11,14-17H2,1,3H3,(H,26,27)(H,28,29);8-11H,4,6-7H2,1-3,5H3;1-5H2,(H,8,9). The van der Waals surface area contributed by atoms with E-state index in [2.05, 4.69) is 39.1 Å². The number of nitrogens with zero attached hydrogens (tertiary/aromatic N) is 2. The Balaban J connectivity index is 0.000000385. The SMILES string of the molecule is C=C(C1(C)C(C)=Nc2ccccc21)P(=O)(OCC)OCC.C=C(C1(C)C(C)=Nc2ccccc21)P(=O)(OCCCCCC(=O)O)OCCCCCC(=O)O.O=C(O)CCCCCBr. The average molecular weight is 982 g/mol. The second-order valence-electron chi connectivity index (χ2n) is 15.4. The van der Waals surface area contributed by atoms with E-state index in [1.807, 2.05) is 76.2 Å². The number of rotatable bonds is 27. The Morgan fingerprint density at radius 2 is 0.921 bits per heavy atom. The first-order chi connectivity index (χ1) is 29.8. The molecule has 0 amide bonds. The Labute approximate surface area is 381 Å². The van der Waals surface area contributed by atoms with Crippen LogP contribution in [-0.2, 0) is 52.4 Å². The number of hydrogen-bond donors (Lipinski definition) is 3. The molecule has 17 heteroatoms. The van der Waals surface area contributed by atoms with E-state index in [0.29, 0.717) is 68.8 Å². The molecule has 0 aromatic heterocycles. The minimum absolute atomic E-state index is 0.0850. The summed E-state index contributed by atoms with van der Waals surface area (Å²) in [6.07, 6.45) is 6.78. The van der Waals surface area contributed by atoms with Gasteiger partial charge in [-0.3, -0.25) is 33.5 Å². The molecule has 2 atom stereocenters. The van der Waals surface area contributed by atoms with Gasteiger partial charge in [0.1, 0.15) is 0 Å². The number of alkyl halides is 1. The zero-order valence-corrected chi connectivity index (χ0v) is 41.1. The number of fused-ring (bicyclic) bond motifs is 2. The minimum Gasteiger partial charge on any atom is -0.481 e. The van der Waals surface area contributed by atoms with Crippen LogP contribution in [0.2, 0.25) is 0 Å². The molecule has 0 aliphatic carbocycles. The average Bonchev–Trinajstić information content (AvgIpc) is 3.66. The Morgan fingerprint density at radius 1 is 0.587 bits per heavy atom. The number of benzene rings is 2. The summed E-state index contributed by atoms with van der Waals surface area (Å²) in [4.78, 5) is 40.5. The lowest BCUT2D eigenvalue weighted by Gasteiger charge is -2.33. The van der Waals surface area contributed by atoms with Crippen LogP contribution in [0.3, 0.4) is 0 Å². The van der Waals surface area contributed by atoms with Gasteiger partial charge in [-0.05, 0) is 103 Å². The second kappa shape index (κ2) is 27.0. The van der Waals surface area contributed by atoms with Crippen LogP contribution < -0.4 is 0 Å². The third kappa shape index (κ3) is 15.8. The maximum atomic E-state index is 14.0. The molecule has 0 bridgehead atoms. The summed E-state index contributed by atoms with van der Waals surface area (Å²) in [5.74, 6) is -2.38. The zero-order chi connectivity index (χ0) is 47.3. The molecular weight excluding hydrogens is 914 g/mol. The van der Waals surface area contributed by atoms with E-state index in [1.165, 1.54) is 0 Å². The lowest BCUT2D eigenvalue weighted by molar-refractivity contribution is -0.138. The van der Waals surface area contributed by atoms with Gasteiger partial charge in [0.2, 0.25) is 0 Å². The smallest absolute Gasteiger partial charge is 0.358 e. The lowest BCUT2D eigenvalue weighted by Crippen LogP contribution is -2.30. The molecule has 4 rings (SSSR count). The van der Waals surface area contributed by atoms with E-state index >= 15 is 0 Å². The molecule has 2 aromatic carbocycles. The van der Waals surface area contributed by atoms with Crippen LogP contribution in [-0.4, -0.2) is 76.4 Å². The topological polar surface area (TPSA) is 208 Å². The molecule has 63 heavy (non-hydrogen) atoms. The summed E-state index contributed by atoms with van der Waals surface area (Å²) in [5, 5.41) is 27.5. The van der Waals surface area contributed by atoms with Crippen molar-refractivity contribution >= 4 is 71.8 Å². The van der Waals surface area contributed by atoms with Gasteiger partial charge in [0.25, 0.3) is 0 Å². The molecule has 0 spiro atoms. The molecule has 3 N–H and O–H groups in total. The van der Waals surface area contributed by atoms with Crippen molar-refractivity contribution in [2.45, 2.75) is 129 Å². The highest BCUT2D eigenvalue weighted by atomic mass is 79.9. The monoisotopic (exact) mass is 980 g/mol. The molecule has 0 radical (unpaired) electrons. The molecule has 0 fully saturated rings. The molecule has 14 nitrogen and oxygen atoms in total. The van der Waals surface area contributed by atoms with E-state index in [0.717, 1.165) is 58.5 Å². The van der Waals surface area contributed by atoms with Crippen LogP contribution in [0.25, 0.3) is 0 Å². The van der Waals surface area contributed by atoms with Crippen LogP contribution in [0.15, 0.2) is 82.3 Å². The predicted molar refractivity (Wildman–Crippen MR) is 254 cm³/mol. The van der Waals surface area contributed by atoms with Crippen molar-refractivity contribution in [1.82, 2.24) is 0 Å². The van der Waals surface area contributed by atoms with Crippen LogP contribution in [0.1, 0.15) is 130 Å². The fourth-order valence-corrected chi connectivity index (χ4v) is 11.2. The highest BCUT2D eigenvalue weighted by Crippen LogP contribution is 2.65. The van der Waals surface area contributed by atoms with Crippen molar-refractivity contribution in [2.24, 2.45) is 9.98 Å². The Bertz CT molecular complexity index is 2000. The number of aliphatic imine (C=N–C) groups is 2. The van der Waals surface area contributed by atoms with Crippen molar-refractivity contribution in [2.75, 3.05) is 31.8 Å². The number of allylic oxidation sites excluding steroid dienone is 2. The fraction of sp³-hybridized carbons (Fsp3) is 0.543. The zero-order valence-electron chi connectivity index (χ0n) is 37.7. The van der Waals surface area contributed by atoms with E-state index in [1.54, 1.807) is 13.8 Å². The number of halogens is 1. The van der Waals surface area contributed by atoms with E-state index in [-0.39, 0.29) is 26.1 Å². The number of aliphatic carboxylic acids is 3. The van der Waals surface area contributed by atoms with Crippen molar-refractivity contribution in [3.05, 3.63) is 83.4 Å². The molecule has 2 unspecified atom stereocenters. The molecule has 350 valence electrons. The Morgan fingerprint density at radius 3 is 1.25 bits per heavy atom. The second-order valence-corrected chi connectivity index (χ2v) is 20.3. The summed E-state index contributed by atoms with van der Waals surface area (Å²) >= 11 is 3.27. The number of carboxylic acid groups (broad SMARTS) is 3. The number of unbranched alkanes of at least 4 members (excludes halogenated alkanes) is 6. The third-order valence-electron chi connectivity index (χ3n) is 10.9. The maximum absolute atomic E-state index is 14.0. The maximum Gasteiger partial charge on any atom is 0.358 e. The molecule has 2 heterocycles. The van der Waals surface area contributed by atoms with Crippen LogP contribution in [0.5, 0.6) is 0 Å². The molecular formula is C46H67BrN2O12P2. The molecule has 2 aliphatic heterocycles. The predicted octanol–water partition coefficient (Wildman–Crippen LogP) is 12.9. The third-order valence-corrected chi connectivity index (χ3v) is 16.0. The molecule has 0 saturated carbocycles. The Hall–Kier alpha value is -3.55. The van der Waals surface area contributed by atoms with Gasteiger partial charge in [0, 0.05) is 36.0 Å². The van der Waals surface area contributed by atoms with Crippen molar-refractivity contribution in [3.63, 3.8) is 0 Å². The van der Waals surface area contributed by atoms with Gasteiger partial charge in [-0.1, -0.05) is 84.7 Å². The first kappa shape index (κ1) is 55.6. The van der Waals surface area contributed by atoms with Crippen LogP contribution in [0.4, 0.5) is 11.4 Å². The summed E-state index contributed by atoms with van der Waals surface area (Å²) in [6.45, 7) is 20.4. The van der Waals surface area contributed by atoms with Gasteiger partial charge >= 0.3 is 33.1 Å². The van der Waals surface area contributed by atoms with Gasteiger partial charge in [0.05, 0.1) is 59.3 Å².